The van der Waals surface area contributed by atoms with Gasteiger partial charge in [-0.3, -0.25) is 4.79 Å². The minimum absolute atomic E-state index is 0.0290. The lowest BCUT2D eigenvalue weighted by atomic mass is 9.95. The van der Waals surface area contributed by atoms with Crippen molar-refractivity contribution in [3.8, 4) is 0 Å². The van der Waals surface area contributed by atoms with E-state index in [2.05, 4.69) is 19.2 Å². The van der Waals surface area contributed by atoms with Gasteiger partial charge in [0.15, 0.2) is 0 Å². The number of carbonyl (C=O) groups excluding carboxylic acids is 1. The molecule has 1 rings (SSSR count). The molecule has 0 saturated heterocycles. The van der Waals surface area contributed by atoms with Crippen molar-refractivity contribution < 1.29 is 4.79 Å². The smallest absolute Gasteiger partial charge is 0.237 e. The Bertz CT molecular complexity index is 348. The molecule has 1 unspecified atom stereocenters. The third-order valence-corrected chi connectivity index (χ3v) is 2.90. The molecule has 1 amide bonds. The fraction of sp³-hybridized carbons (Fsp3) is 0.500. The summed E-state index contributed by atoms with van der Waals surface area (Å²) < 4.78 is 0. The van der Waals surface area contributed by atoms with Gasteiger partial charge in [0.2, 0.25) is 5.91 Å². The predicted octanol–water partition coefficient (Wildman–Crippen LogP) is 2.24. The summed E-state index contributed by atoms with van der Waals surface area (Å²) in [4.78, 5) is 11.8. The SMILES string of the molecule is CC[C@@H](N)C(=O)NC(c1ccccc1)C(C)C. The lowest BCUT2D eigenvalue weighted by molar-refractivity contribution is -0.123. The molecule has 0 bridgehead atoms. The van der Waals surface area contributed by atoms with Crippen LogP contribution in [-0.2, 0) is 4.79 Å². The third kappa shape index (κ3) is 3.86. The van der Waals surface area contributed by atoms with Gasteiger partial charge >= 0.3 is 0 Å². The van der Waals surface area contributed by atoms with E-state index in [1.165, 1.54) is 0 Å². The number of rotatable bonds is 5. The van der Waals surface area contributed by atoms with Crippen molar-refractivity contribution in [1.29, 1.82) is 0 Å². The van der Waals surface area contributed by atoms with E-state index in [0.717, 1.165) is 5.56 Å². The van der Waals surface area contributed by atoms with Crippen molar-refractivity contribution in [2.75, 3.05) is 0 Å². The second-order valence-electron chi connectivity index (χ2n) is 4.66. The maximum atomic E-state index is 11.8. The van der Waals surface area contributed by atoms with Crippen LogP contribution in [0, 0.1) is 5.92 Å². The van der Waals surface area contributed by atoms with E-state index in [0.29, 0.717) is 12.3 Å². The average Bonchev–Trinajstić information content (AvgIpc) is 2.35. The Hall–Kier alpha value is -1.35. The maximum absolute atomic E-state index is 11.8. The number of carbonyl (C=O) groups is 1. The summed E-state index contributed by atoms with van der Waals surface area (Å²) >= 11 is 0. The predicted molar refractivity (Wildman–Crippen MR) is 70.4 cm³/mol. The van der Waals surface area contributed by atoms with Crippen molar-refractivity contribution in [2.45, 2.75) is 39.3 Å². The molecule has 0 aromatic heterocycles. The van der Waals surface area contributed by atoms with Crippen LogP contribution in [0.4, 0.5) is 0 Å². The quantitative estimate of drug-likeness (QED) is 0.821. The van der Waals surface area contributed by atoms with Gasteiger partial charge < -0.3 is 11.1 Å². The summed E-state index contributed by atoms with van der Waals surface area (Å²) in [6.45, 7) is 6.10. The van der Waals surface area contributed by atoms with Gasteiger partial charge in [0.05, 0.1) is 12.1 Å². The first-order valence-electron chi connectivity index (χ1n) is 6.17. The van der Waals surface area contributed by atoms with Crippen LogP contribution in [0.15, 0.2) is 30.3 Å². The molecule has 0 aliphatic rings. The Morgan fingerprint density at radius 3 is 2.35 bits per heavy atom. The van der Waals surface area contributed by atoms with Gasteiger partial charge in [-0.15, -0.1) is 0 Å². The van der Waals surface area contributed by atoms with Gasteiger partial charge in [-0.25, -0.2) is 0 Å². The molecule has 3 N–H and O–H groups in total. The minimum atomic E-state index is -0.417. The van der Waals surface area contributed by atoms with Crippen LogP contribution in [0.5, 0.6) is 0 Å². The standard InChI is InChI=1S/C14H22N2O/c1-4-12(15)14(17)16-13(10(2)3)11-8-6-5-7-9-11/h5-10,12-13H,4,15H2,1-3H3,(H,16,17)/t12-,13?/m1/s1. The number of nitrogens with one attached hydrogen (secondary N) is 1. The van der Waals surface area contributed by atoms with E-state index < -0.39 is 6.04 Å². The Labute approximate surface area is 103 Å². The van der Waals surface area contributed by atoms with E-state index in [4.69, 9.17) is 5.73 Å². The molecular formula is C14H22N2O. The van der Waals surface area contributed by atoms with Crippen LogP contribution in [0.3, 0.4) is 0 Å². The molecule has 1 aromatic carbocycles. The Balaban J connectivity index is 2.78. The molecule has 0 aliphatic carbocycles. The first-order chi connectivity index (χ1) is 8.06. The van der Waals surface area contributed by atoms with Crippen molar-refractivity contribution >= 4 is 5.91 Å². The molecule has 0 saturated carbocycles. The highest BCUT2D eigenvalue weighted by Crippen LogP contribution is 2.21. The zero-order valence-electron chi connectivity index (χ0n) is 10.8. The van der Waals surface area contributed by atoms with Gasteiger partial charge in [-0.2, -0.15) is 0 Å². The van der Waals surface area contributed by atoms with Gasteiger partial charge in [-0.05, 0) is 17.9 Å². The zero-order valence-corrected chi connectivity index (χ0v) is 10.8. The van der Waals surface area contributed by atoms with E-state index in [1.807, 2.05) is 37.3 Å². The lowest BCUT2D eigenvalue weighted by Crippen LogP contribution is -2.43. The van der Waals surface area contributed by atoms with Crippen LogP contribution in [0.25, 0.3) is 0 Å². The fourth-order valence-corrected chi connectivity index (χ4v) is 1.74. The summed E-state index contributed by atoms with van der Waals surface area (Å²) in [5.41, 5.74) is 6.86. The molecule has 0 radical (unpaired) electrons. The summed E-state index contributed by atoms with van der Waals surface area (Å²) in [5, 5.41) is 3.02. The average molecular weight is 234 g/mol. The summed E-state index contributed by atoms with van der Waals surface area (Å²) in [7, 11) is 0. The topological polar surface area (TPSA) is 55.1 Å². The first-order valence-corrected chi connectivity index (χ1v) is 6.17. The van der Waals surface area contributed by atoms with E-state index >= 15 is 0 Å². The normalized spacial score (nSPS) is 14.4. The number of hydrogen-bond donors (Lipinski definition) is 2. The van der Waals surface area contributed by atoms with E-state index in [-0.39, 0.29) is 11.9 Å². The molecule has 1 aromatic rings. The summed E-state index contributed by atoms with van der Waals surface area (Å²) in [6, 6.07) is 9.61. The molecule has 17 heavy (non-hydrogen) atoms. The summed E-state index contributed by atoms with van der Waals surface area (Å²) in [5.74, 6) is 0.264. The lowest BCUT2D eigenvalue weighted by Gasteiger charge is -2.24. The molecule has 0 aliphatic heterocycles. The second kappa shape index (κ2) is 6.40. The van der Waals surface area contributed by atoms with Crippen LogP contribution in [0.1, 0.15) is 38.8 Å². The van der Waals surface area contributed by atoms with Crippen LogP contribution >= 0.6 is 0 Å². The van der Waals surface area contributed by atoms with Crippen molar-refractivity contribution in [1.82, 2.24) is 5.32 Å². The van der Waals surface area contributed by atoms with Crippen molar-refractivity contribution in [3.05, 3.63) is 35.9 Å². The van der Waals surface area contributed by atoms with Crippen molar-refractivity contribution in [2.24, 2.45) is 11.7 Å². The molecule has 3 heteroatoms. The largest absolute Gasteiger partial charge is 0.348 e. The number of nitrogens with two attached hydrogens (primary N) is 1. The van der Waals surface area contributed by atoms with Gasteiger partial charge in [0, 0.05) is 0 Å². The molecule has 0 heterocycles. The molecule has 2 atom stereocenters. The molecule has 0 spiro atoms. The maximum Gasteiger partial charge on any atom is 0.237 e. The summed E-state index contributed by atoms with van der Waals surface area (Å²) in [6.07, 6.45) is 0.658. The fourth-order valence-electron chi connectivity index (χ4n) is 1.74. The number of hydrogen-bond acceptors (Lipinski definition) is 2. The minimum Gasteiger partial charge on any atom is -0.348 e. The number of amides is 1. The molecule has 3 nitrogen and oxygen atoms in total. The monoisotopic (exact) mass is 234 g/mol. The Morgan fingerprint density at radius 2 is 1.88 bits per heavy atom. The third-order valence-electron chi connectivity index (χ3n) is 2.90. The van der Waals surface area contributed by atoms with E-state index in [9.17, 15) is 4.79 Å². The van der Waals surface area contributed by atoms with Gasteiger partial charge in [0.25, 0.3) is 0 Å². The molecular weight excluding hydrogens is 212 g/mol. The van der Waals surface area contributed by atoms with Crippen LogP contribution < -0.4 is 11.1 Å². The first kappa shape index (κ1) is 13.7. The molecule has 94 valence electrons. The van der Waals surface area contributed by atoms with E-state index in [1.54, 1.807) is 0 Å². The molecule has 0 fully saturated rings. The van der Waals surface area contributed by atoms with Crippen LogP contribution in [-0.4, -0.2) is 11.9 Å². The van der Waals surface area contributed by atoms with Crippen LogP contribution in [0.2, 0.25) is 0 Å². The highest BCUT2D eigenvalue weighted by molar-refractivity contribution is 5.81. The Kier molecular flexibility index (Phi) is 5.16. The highest BCUT2D eigenvalue weighted by atomic mass is 16.2. The van der Waals surface area contributed by atoms with Gasteiger partial charge in [-0.1, -0.05) is 51.1 Å². The number of benzene rings is 1. The van der Waals surface area contributed by atoms with Crippen molar-refractivity contribution in [3.63, 3.8) is 0 Å². The second-order valence-corrected chi connectivity index (χ2v) is 4.66. The highest BCUT2D eigenvalue weighted by Gasteiger charge is 2.20. The van der Waals surface area contributed by atoms with Gasteiger partial charge in [0.1, 0.15) is 0 Å². The Morgan fingerprint density at radius 1 is 1.29 bits per heavy atom. The zero-order chi connectivity index (χ0) is 12.8.